The van der Waals surface area contributed by atoms with Crippen LogP contribution in [0, 0.1) is 6.92 Å². The lowest BCUT2D eigenvalue weighted by Crippen LogP contribution is -2.31. The summed E-state index contributed by atoms with van der Waals surface area (Å²) in [6.45, 7) is 2.68. The number of hydrogen-bond acceptors (Lipinski definition) is 3. The average molecular weight is 306 g/mol. The number of carbonyl (C=O) groups excluding carboxylic acids is 1. The standard InChI is InChI=1S/C18H18N4O/c1-12-8-9-13(11-19-12)18(23)22-10-4-7-16(22)17-20-14-5-2-3-6-15(14)21-17/h2-3,5-6,8-9,11,16H,4,7,10H2,1H3,(H,20,21). The van der Waals surface area contributed by atoms with Crippen LogP contribution in [0.2, 0.25) is 0 Å². The molecule has 2 aromatic heterocycles. The molecule has 5 heteroatoms. The molecule has 1 atom stereocenters. The Labute approximate surface area is 134 Å². The van der Waals surface area contributed by atoms with Crippen molar-refractivity contribution in [2.24, 2.45) is 0 Å². The summed E-state index contributed by atoms with van der Waals surface area (Å²) < 4.78 is 0. The molecule has 1 aliphatic heterocycles. The zero-order valence-corrected chi connectivity index (χ0v) is 13.0. The number of nitrogens with zero attached hydrogens (tertiary/aromatic N) is 3. The number of H-pyrrole nitrogens is 1. The van der Waals surface area contributed by atoms with Crippen LogP contribution in [0.3, 0.4) is 0 Å². The number of fused-ring (bicyclic) bond motifs is 1. The van der Waals surface area contributed by atoms with Gasteiger partial charge in [0.1, 0.15) is 5.82 Å². The lowest BCUT2D eigenvalue weighted by molar-refractivity contribution is 0.0730. The van der Waals surface area contributed by atoms with Crippen molar-refractivity contribution in [1.29, 1.82) is 0 Å². The average Bonchev–Trinajstić information content (AvgIpc) is 3.21. The van der Waals surface area contributed by atoms with Crippen molar-refractivity contribution >= 4 is 16.9 Å². The molecule has 4 rings (SSSR count). The van der Waals surface area contributed by atoms with Crippen molar-refractivity contribution in [3.63, 3.8) is 0 Å². The number of amides is 1. The van der Waals surface area contributed by atoms with Gasteiger partial charge in [0.05, 0.1) is 22.6 Å². The summed E-state index contributed by atoms with van der Waals surface area (Å²) >= 11 is 0. The van der Waals surface area contributed by atoms with E-state index in [1.54, 1.807) is 6.20 Å². The number of likely N-dealkylation sites (tertiary alicyclic amines) is 1. The number of aromatic nitrogens is 3. The van der Waals surface area contributed by atoms with Crippen LogP contribution < -0.4 is 0 Å². The SMILES string of the molecule is Cc1ccc(C(=O)N2CCCC2c2nc3ccccc3[nH]2)cn1. The molecule has 1 aliphatic rings. The monoisotopic (exact) mass is 306 g/mol. The first kappa shape index (κ1) is 13.9. The fourth-order valence-corrected chi connectivity index (χ4v) is 3.18. The molecule has 0 aliphatic carbocycles. The molecular formula is C18H18N4O. The second kappa shape index (κ2) is 5.50. The van der Waals surface area contributed by atoms with Gasteiger partial charge < -0.3 is 9.88 Å². The van der Waals surface area contributed by atoms with Gasteiger partial charge in [-0.25, -0.2) is 4.98 Å². The highest BCUT2D eigenvalue weighted by molar-refractivity contribution is 5.94. The van der Waals surface area contributed by atoms with Gasteiger partial charge in [0.2, 0.25) is 0 Å². The van der Waals surface area contributed by atoms with E-state index in [0.717, 1.165) is 41.9 Å². The predicted octanol–water partition coefficient (Wildman–Crippen LogP) is 3.24. The molecule has 1 amide bonds. The molecule has 116 valence electrons. The summed E-state index contributed by atoms with van der Waals surface area (Å²) in [4.78, 5) is 27.0. The van der Waals surface area contributed by atoms with Gasteiger partial charge in [-0.3, -0.25) is 9.78 Å². The zero-order valence-electron chi connectivity index (χ0n) is 13.0. The Bertz CT molecular complexity index is 820. The van der Waals surface area contributed by atoms with E-state index in [4.69, 9.17) is 0 Å². The van der Waals surface area contributed by atoms with Gasteiger partial charge in [-0.05, 0) is 44.0 Å². The van der Waals surface area contributed by atoms with Gasteiger partial charge >= 0.3 is 0 Å². The quantitative estimate of drug-likeness (QED) is 0.790. The Kier molecular flexibility index (Phi) is 3.33. The van der Waals surface area contributed by atoms with Crippen molar-refractivity contribution in [3.8, 4) is 0 Å². The van der Waals surface area contributed by atoms with Gasteiger partial charge in [0.15, 0.2) is 0 Å². The van der Waals surface area contributed by atoms with Crippen molar-refractivity contribution in [1.82, 2.24) is 19.9 Å². The summed E-state index contributed by atoms with van der Waals surface area (Å²) in [5, 5.41) is 0. The second-order valence-electron chi connectivity index (χ2n) is 5.98. The Hall–Kier alpha value is -2.69. The molecule has 0 radical (unpaired) electrons. The summed E-state index contributed by atoms with van der Waals surface area (Å²) in [6.07, 6.45) is 3.59. The van der Waals surface area contributed by atoms with Crippen LogP contribution in [0.15, 0.2) is 42.6 Å². The first-order valence-corrected chi connectivity index (χ1v) is 7.90. The van der Waals surface area contributed by atoms with Crippen molar-refractivity contribution in [2.45, 2.75) is 25.8 Å². The molecule has 3 aromatic rings. The largest absolute Gasteiger partial charge is 0.340 e. The van der Waals surface area contributed by atoms with Crippen LogP contribution >= 0.6 is 0 Å². The van der Waals surface area contributed by atoms with E-state index in [-0.39, 0.29) is 11.9 Å². The van der Waals surface area contributed by atoms with E-state index >= 15 is 0 Å². The molecule has 23 heavy (non-hydrogen) atoms. The number of aromatic amines is 1. The molecule has 1 aromatic carbocycles. The van der Waals surface area contributed by atoms with Crippen LogP contribution in [0.25, 0.3) is 11.0 Å². The van der Waals surface area contributed by atoms with Crippen LogP contribution in [-0.4, -0.2) is 32.3 Å². The third-order valence-electron chi connectivity index (χ3n) is 4.40. The summed E-state index contributed by atoms with van der Waals surface area (Å²) in [6, 6.07) is 11.7. The summed E-state index contributed by atoms with van der Waals surface area (Å²) in [5.74, 6) is 0.901. The van der Waals surface area contributed by atoms with E-state index in [1.165, 1.54) is 0 Å². The first-order valence-electron chi connectivity index (χ1n) is 7.90. The van der Waals surface area contributed by atoms with Crippen molar-refractivity contribution in [2.75, 3.05) is 6.54 Å². The number of rotatable bonds is 2. The fraction of sp³-hybridized carbons (Fsp3) is 0.278. The van der Waals surface area contributed by atoms with E-state index in [1.807, 2.05) is 48.2 Å². The number of hydrogen-bond donors (Lipinski definition) is 1. The Morgan fingerprint density at radius 1 is 1.26 bits per heavy atom. The van der Waals surface area contributed by atoms with Gasteiger partial charge in [-0.2, -0.15) is 0 Å². The zero-order chi connectivity index (χ0) is 15.8. The number of aryl methyl sites for hydroxylation is 1. The minimum atomic E-state index is 0.0104. The van der Waals surface area contributed by atoms with Crippen molar-refractivity contribution < 1.29 is 4.79 Å². The third kappa shape index (κ3) is 2.48. The number of imidazole rings is 1. The predicted molar refractivity (Wildman–Crippen MR) is 88.1 cm³/mol. The maximum Gasteiger partial charge on any atom is 0.256 e. The summed E-state index contributed by atoms with van der Waals surface area (Å²) in [7, 11) is 0. The molecule has 0 bridgehead atoms. The highest BCUT2D eigenvalue weighted by atomic mass is 16.2. The molecule has 3 heterocycles. The van der Waals surface area contributed by atoms with E-state index < -0.39 is 0 Å². The normalized spacial score (nSPS) is 17.8. The molecule has 0 spiro atoms. The topological polar surface area (TPSA) is 61.9 Å². The lowest BCUT2D eigenvalue weighted by Gasteiger charge is -2.23. The minimum absolute atomic E-state index is 0.0104. The number of pyridine rings is 1. The highest BCUT2D eigenvalue weighted by Gasteiger charge is 2.32. The van der Waals surface area contributed by atoms with Crippen LogP contribution in [0.4, 0.5) is 0 Å². The highest BCUT2D eigenvalue weighted by Crippen LogP contribution is 2.32. The number of carbonyl (C=O) groups is 1. The summed E-state index contributed by atoms with van der Waals surface area (Å²) in [5.41, 5.74) is 3.51. The van der Waals surface area contributed by atoms with Gasteiger partial charge in [0, 0.05) is 18.4 Å². The molecule has 0 saturated carbocycles. The molecule has 5 nitrogen and oxygen atoms in total. The maximum atomic E-state index is 12.8. The number of para-hydroxylation sites is 2. The minimum Gasteiger partial charge on any atom is -0.340 e. The molecule has 1 unspecified atom stereocenters. The molecule has 1 saturated heterocycles. The maximum absolute atomic E-state index is 12.8. The Morgan fingerprint density at radius 2 is 2.13 bits per heavy atom. The van der Waals surface area contributed by atoms with Crippen LogP contribution in [0.5, 0.6) is 0 Å². The molecule has 1 fully saturated rings. The number of nitrogens with one attached hydrogen (secondary N) is 1. The van der Waals surface area contributed by atoms with Crippen LogP contribution in [-0.2, 0) is 0 Å². The smallest absolute Gasteiger partial charge is 0.256 e. The van der Waals surface area contributed by atoms with Crippen LogP contribution in [0.1, 0.15) is 40.8 Å². The Balaban J connectivity index is 1.65. The number of benzene rings is 1. The van der Waals surface area contributed by atoms with E-state index in [9.17, 15) is 4.79 Å². The Morgan fingerprint density at radius 3 is 2.91 bits per heavy atom. The van der Waals surface area contributed by atoms with Gasteiger partial charge in [0.25, 0.3) is 5.91 Å². The molecule has 1 N–H and O–H groups in total. The second-order valence-corrected chi connectivity index (χ2v) is 5.98. The van der Waals surface area contributed by atoms with E-state index in [0.29, 0.717) is 5.56 Å². The third-order valence-corrected chi connectivity index (χ3v) is 4.40. The molecular weight excluding hydrogens is 288 g/mol. The first-order chi connectivity index (χ1) is 11.2. The van der Waals surface area contributed by atoms with E-state index in [2.05, 4.69) is 15.0 Å². The van der Waals surface area contributed by atoms with Gasteiger partial charge in [-0.15, -0.1) is 0 Å². The van der Waals surface area contributed by atoms with Gasteiger partial charge in [-0.1, -0.05) is 12.1 Å². The fourth-order valence-electron chi connectivity index (χ4n) is 3.18. The lowest BCUT2D eigenvalue weighted by atomic mass is 10.2. The van der Waals surface area contributed by atoms with Crippen molar-refractivity contribution in [3.05, 3.63) is 59.7 Å².